The number of hydrogen-bond acceptors (Lipinski definition) is 2. The van der Waals surface area contributed by atoms with Gasteiger partial charge in [-0.05, 0) is 25.0 Å². The number of para-hydroxylation sites is 2. The van der Waals surface area contributed by atoms with Crippen molar-refractivity contribution in [1.29, 1.82) is 0 Å². The average Bonchev–Trinajstić information content (AvgIpc) is 2.40. The van der Waals surface area contributed by atoms with Gasteiger partial charge in [0.15, 0.2) is 11.5 Å². The monoisotopic (exact) mass is 322 g/mol. The standard InChI is InChI=1S/C15H18ClF3O2/c1-3-14(4-2)12(16)9-13(14)20-10-7-5-6-8-11(10)21-15(17,18)19/h5-8,12-13H,3-4,9H2,1-2H3. The van der Waals surface area contributed by atoms with Crippen molar-refractivity contribution >= 4 is 11.6 Å². The SMILES string of the molecule is CCC1(CC)C(Cl)CC1Oc1ccccc1OC(F)(F)F. The van der Waals surface area contributed by atoms with Gasteiger partial charge in [0.25, 0.3) is 0 Å². The van der Waals surface area contributed by atoms with Crippen LogP contribution in [0.1, 0.15) is 33.1 Å². The van der Waals surface area contributed by atoms with Crippen molar-refractivity contribution in [3.05, 3.63) is 24.3 Å². The van der Waals surface area contributed by atoms with Gasteiger partial charge in [-0.2, -0.15) is 0 Å². The summed E-state index contributed by atoms with van der Waals surface area (Å²) in [4.78, 5) is 0. The second kappa shape index (κ2) is 5.95. The van der Waals surface area contributed by atoms with Crippen molar-refractivity contribution in [3.63, 3.8) is 0 Å². The Morgan fingerprint density at radius 2 is 1.76 bits per heavy atom. The zero-order valence-electron chi connectivity index (χ0n) is 11.9. The molecule has 2 atom stereocenters. The maximum atomic E-state index is 12.4. The lowest BCUT2D eigenvalue weighted by Crippen LogP contribution is -2.56. The molecule has 0 spiro atoms. The molecule has 21 heavy (non-hydrogen) atoms. The van der Waals surface area contributed by atoms with Crippen LogP contribution in [0.25, 0.3) is 0 Å². The third-order valence-electron chi connectivity index (χ3n) is 4.35. The fourth-order valence-electron chi connectivity index (χ4n) is 2.92. The quantitative estimate of drug-likeness (QED) is 0.698. The first kappa shape index (κ1) is 16.3. The van der Waals surface area contributed by atoms with Crippen molar-refractivity contribution in [3.8, 4) is 11.5 Å². The predicted octanol–water partition coefficient (Wildman–Crippen LogP) is 5.15. The molecule has 1 aromatic rings. The van der Waals surface area contributed by atoms with E-state index in [0.29, 0.717) is 6.42 Å². The molecule has 0 aliphatic heterocycles. The molecule has 2 rings (SSSR count). The fraction of sp³-hybridized carbons (Fsp3) is 0.600. The zero-order valence-corrected chi connectivity index (χ0v) is 12.7. The molecule has 0 N–H and O–H groups in total. The Hall–Kier alpha value is -1.10. The van der Waals surface area contributed by atoms with Crippen LogP contribution in [-0.4, -0.2) is 17.8 Å². The number of halogens is 4. The van der Waals surface area contributed by atoms with Crippen molar-refractivity contribution in [2.75, 3.05) is 0 Å². The lowest BCUT2D eigenvalue weighted by molar-refractivity contribution is -0.275. The molecule has 1 aliphatic rings. The van der Waals surface area contributed by atoms with Gasteiger partial charge < -0.3 is 9.47 Å². The van der Waals surface area contributed by atoms with Crippen LogP contribution >= 0.6 is 11.6 Å². The Morgan fingerprint density at radius 3 is 2.24 bits per heavy atom. The lowest BCUT2D eigenvalue weighted by Gasteiger charge is -2.52. The van der Waals surface area contributed by atoms with Crippen molar-refractivity contribution < 1.29 is 22.6 Å². The first-order valence-electron chi connectivity index (χ1n) is 6.98. The molecule has 1 aromatic carbocycles. The van der Waals surface area contributed by atoms with E-state index in [-0.39, 0.29) is 28.4 Å². The van der Waals surface area contributed by atoms with Crippen molar-refractivity contribution in [1.82, 2.24) is 0 Å². The topological polar surface area (TPSA) is 18.5 Å². The van der Waals surface area contributed by atoms with Crippen LogP contribution in [-0.2, 0) is 0 Å². The molecule has 1 saturated carbocycles. The minimum absolute atomic E-state index is 0.00630. The second-order valence-electron chi connectivity index (χ2n) is 5.24. The van der Waals surface area contributed by atoms with Crippen LogP contribution < -0.4 is 9.47 Å². The van der Waals surface area contributed by atoms with Gasteiger partial charge in [-0.25, -0.2) is 0 Å². The van der Waals surface area contributed by atoms with E-state index in [0.717, 1.165) is 12.8 Å². The molecule has 0 bridgehead atoms. The molecule has 0 amide bonds. The van der Waals surface area contributed by atoms with Gasteiger partial charge in [-0.15, -0.1) is 24.8 Å². The molecule has 1 aliphatic carbocycles. The van der Waals surface area contributed by atoms with Gasteiger partial charge in [-0.1, -0.05) is 26.0 Å². The Morgan fingerprint density at radius 1 is 1.19 bits per heavy atom. The summed E-state index contributed by atoms with van der Waals surface area (Å²) in [6.07, 6.45) is -2.65. The lowest BCUT2D eigenvalue weighted by atomic mass is 9.62. The molecule has 6 heteroatoms. The Kier molecular flexibility index (Phi) is 4.61. The van der Waals surface area contributed by atoms with E-state index in [4.69, 9.17) is 16.3 Å². The molecule has 0 heterocycles. The Balaban J connectivity index is 2.17. The fourth-order valence-corrected chi connectivity index (χ4v) is 3.53. The zero-order chi connectivity index (χ0) is 15.7. The Bertz CT molecular complexity index is 486. The molecule has 2 nitrogen and oxygen atoms in total. The van der Waals surface area contributed by atoms with E-state index in [1.807, 2.05) is 13.8 Å². The molecular formula is C15H18ClF3O2. The summed E-state index contributed by atoms with van der Waals surface area (Å²) in [5, 5.41) is -0.00630. The summed E-state index contributed by atoms with van der Waals surface area (Å²) in [5.74, 6) is -0.209. The molecule has 118 valence electrons. The number of ether oxygens (including phenoxy) is 2. The Labute approximate surface area is 127 Å². The summed E-state index contributed by atoms with van der Waals surface area (Å²) in [5.41, 5.74) is -0.188. The molecule has 0 saturated heterocycles. The molecule has 2 unspecified atom stereocenters. The number of alkyl halides is 4. The van der Waals surface area contributed by atoms with Crippen LogP contribution in [0.2, 0.25) is 0 Å². The summed E-state index contributed by atoms with van der Waals surface area (Å²) >= 11 is 6.29. The summed E-state index contributed by atoms with van der Waals surface area (Å²) in [6, 6.07) is 5.83. The van der Waals surface area contributed by atoms with Gasteiger partial charge in [-0.3, -0.25) is 0 Å². The molecule has 0 radical (unpaired) electrons. The molecule has 1 fully saturated rings. The van der Waals surface area contributed by atoms with Crippen molar-refractivity contribution in [2.45, 2.75) is 51.0 Å². The normalized spacial score (nSPS) is 24.3. The van der Waals surface area contributed by atoms with E-state index in [1.165, 1.54) is 18.2 Å². The largest absolute Gasteiger partial charge is 0.573 e. The summed E-state index contributed by atoms with van der Waals surface area (Å²) in [6.45, 7) is 4.04. The van der Waals surface area contributed by atoms with E-state index in [9.17, 15) is 13.2 Å². The first-order chi connectivity index (χ1) is 9.82. The first-order valence-corrected chi connectivity index (χ1v) is 7.41. The maximum Gasteiger partial charge on any atom is 0.573 e. The van der Waals surface area contributed by atoms with Gasteiger partial charge in [0.2, 0.25) is 0 Å². The summed E-state index contributed by atoms with van der Waals surface area (Å²) in [7, 11) is 0. The van der Waals surface area contributed by atoms with Gasteiger partial charge in [0.05, 0.1) is 0 Å². The van der Waals surface area contributed by atoms with Gasteiger partial charge >= 0.3 is 6.36 Å². The van der Waals surface area contributed by atoms with E-state index in [2.05, 4.69) is 4.74 Å². The predicted molar refractivity (Wildman–Crippen MR) is 74.8 cm³/mol. The van der Waals surface area contributed by atoms with Crippen LogP contribution in [0.5, 0.6) is 11.5 Å². The number of rotatable bonds is 5. The van der Waals surface area contributed by atoms with Crippen LogP contribution in [0.3, 0.4) is 0 Å². The molecular weight excluding hydrogens is 305 g/mol. The van der Waals surface area contributed by atoms with Crippen LogP contribution in [0.15, 0.2) is 24.3 Å². The van der Waals surface area contributed by atoms with E-state index in [1.54, 1.807) is 6.07 Å². The van der Waals surface area contributed by atoms with Crippen molar-refractivity contribution in [2.24, 2.45) is 5.41 Å². The minimum Gasteiger partial charge on any atom is -0.486 e. The highest BCUT2D eigenvalue weighted by Gasteiger charge is 2.53. The highest BCUT2D eigenvalue weighted by molar-refractivity contribution is 6.21. The van der Waals surface area contributed by atoms with Crippen LogP contribution in [0.4, 0.5) is 13.2 Å². The van der Waals surface area contributed by atoms with Gasteiger partial charge in [0.1, 0.15) is 6.10 Å². The second-order valence-corrected chi connectivity index (χ2v) is 5.77. The van der Waals surface area contributed by atoms with E-state index >= 15 is 0 Å². The third kappa shape index (κ3) is 3.23. The third-order valence-corrected chi connectivity index (χ3v) is 4.96. The highest BCUT2D eigenvalue weighted by atomic mass is 35.5. The smallest absolute Gasteiger partial charge is 0.486 e. The maximum absolute atomic E-state index is 12.4. The number of benzene rings is 1. The van der Waals surface area contributed by atoms with E-state index < -0.39 is 6.36 Å². The van der Waals surface area contributed by atoms with Gasteiger partial charge in [0, 0.05) is 17.2 Å². The highest BCUT2D eigenvalue weighted by Crippen LogP contribution is 2.52. The average molecular weight is 323 g/mol. The van der Waals surface area contributed by atoms with Crippen LogP contribution in [0, 0.1) is 5.41 Å². The summed E-state index contributed by atoms with van der Waals surface area (Å²) < 4.78 is 47.0. The molecule has 0 aromatic heterocycles. The number of hydrogen-bond donors (Lipinski definition) is 0. The minimum atomic E-state index is -4.74.